The summed E-state index contributed by atoms with van der Waals surface area (Å²) >= 11 is 0. The lowest BCUT2D eigenvalue weighted by molar-refractivity contribution is -0.155. The van der Waals surface area contributed by atoms with Crippen LogP contribution in [0.4, 0.5) is 13.2 Å². The molecule has 0 spiro atoms. The Morgan fingerprint density at radius 3 is 2.17 bits per heavy atom. The van der Waals surface area contributed by atoms with Crippen molar-refractivity contribution in [3.63, 3.8) is 0 Å². The van der Waals surface area contributed by atoms with Crippen molar-refractivity contribution in [1.82, 2.24) is 14.1 Å². The van der Waals surface area contributed by atoms with Gasteiger partial charge >= 0.3 is 6.18 Å². The number of hydrogen-bond donors (Lipinski definition) is 0. The molecule has 142 valence electrons. The summed E-state index contributed by atoms with van der Waals surface area (Å²) in [6.07, 6.45) is -3.39. The van der Waals surface area contributed by atoms with Gasteiger partial charge < -0.3 is 4.90 Å². The third-order valence-electron chi connectivity index (χ3n) is 4.54. The molecule has 0 N–H and O–H groups in total. The molecule has 0 bridgehead atoms. The van der Waals surface area contributed by atoms with E-state index in [1.54, 1.807) is 6.92 Å². The second-order valence-corrected chi connectivity index (χ2v) is 8.50. The predicted octanol–water partition coefficient (Wildman–Crippen LogP) is 1.14. The molecule has 24 heavy (non-hydrogen) atoms. The summed E-state index contributed by atoms with van der Waals surface area (Å²) in [7, 11) is -0.492. The van der Waals surface area contributed by atoms with Gasteiger partial charge in [0, 0.05) is 26.2 Å². The monoisotopic (exact) mass is 373 g/mol. The molecule has 1 saturated heterocycles. The van der Waals surface area contributed by atoms with Crippen LogP contribution in [0.2, 0.25) is 0 Å². The molecular formula is C14H26F3N3O3S. The lowest BCUT2D eigenvalue weighted by atomic mass is 10.0. The van der Waals surface area contributed by atoms with Crippen LogP contribution in [-0.2, 0) is 14.8 Å². The molecule has 1 aliphatic heterocycles. The van der Waals surface area contributed by atoms with Gasteiger partial charge in [0.25, 0.3) is 0 Å². The van der Waals surface area contributed by atoms with Crippen LogP contribution in [0.5, 0.6) is 0 Å². The highest BCUT2D eigenvalue weighted by molar-refractivity contribution is 7.89. The molecule has 1 fully saturated rings. The summed E-state index contributed by atoms with van der Waals surface area (Å²) in [5, 5.41) is 0. The molecule has 1 aliphatic rings. The summed E-state index contributed by atoms with van der Waals surface area (Å²) in [6, 6.07) is -1.05. The van der Waals surface area contributed by atoms with Crippen LogP contribution in [0.15, 0.2) is 0 Å². The first kappa shape index (κ1) is 21.2. The predicted molar refractivity (Wildman–Crippen MR) is 85.0 cm³/mol. The minimum Gasteiger partial charge on any atom is -0.341 e. The highest BCUT2D eigenvalue weighted by atomic mass is 32.2. The average molecular weight is 373 g/mol. The lowest BCUT2D eigenvalue weighted by Crippen LogP contribution is -2.52. The Hall–Kier alpha value is -0.870. The van der Waals surface area contributed by atoms with Gasteiger partial charge in [0.2, 0.25) is 15.9 Å². The van der Waals surface area contributed by atoms with E-state index in [2.05, 4.69) is 0 Å². The fraction of sp³-hybridized carbons (Fsp3) is 0.929. The Labute approximate surface area is 141 Å². The summed E-state index contributed by atoms with van der Waals surface area (Å²) in [5.41, 5.74) is 0. The Kier molecular flexibility index (Phi) is 7.06. The lowest BCUT2D eigenvalue weighted by Gasteiger charge is -2.38. The van der Waals surface area contributed by atoms with E-state index in [0.29, 0.717) is 25.9 Å². The smallest absolute Gasteiger partial charge is 0.341 e. The minimum absolute atomic E-state index is 0.0158. The van der Waals surface area contributed by atoms with Gasteiger partial charge in [0.15, 0.2) is 0 Å². The minimum atomic E-state index is -4.35. The van der Waals surface area contributed by atoms with Crippen molar-refractivity contribution in [3.05, 3.63) is 0 Å². The van der Waals surface area contributed by atoms with E-state index in [-0.39, 0.29) is 17.7 Å². The number of likely N-dealkylation sites (tertiary alicyclic amines) is 1. The van der Waals surface area contributed by atoms with Crippen LogP contribution in [0.3, 0.4) is 0 Å². The fourth-order valence-corrected chi connectivity index (χ4v) is 3.83. The van der Waals surface area contributed by atoms with E-state index in [1.807, 2.05) is 0 Å². The molecule has 10 heteroatoms. The first-order chi connectivity index (χ1) is 10.9. The van der Waals surface area contributed by atoms with Crippen molar-refractivity contribution in [2.24, 2.45) is 0 Å². The molecule has 0 aromatic rings. The number of rotatable bonds is 6. The zero-order valence-electron chi connectivity index (χ0n) is 14.5. The number of alkyl halides is 3. The van der Waals surface area contributed by atoms with E-state index < -0.39 is 28.8 Å². The highest BCUT2D eigenvalue weighted by Gasteiger charge is 2.36. The van der Waals surface area contributed by atoms with Crippen LogP contribution in [-0.4, -0.2) is 86.2 Å². The number of halogens is 3. The van der Waals surface area contributed by atoms with Crippen LogP contribution >= 0.6 is 0 Å². The van der Waals surface area contributed by atoms with E-state index in [4.69, 9.17) is 0 Å². The average Bonchev–Trinajstić information content (AvgIpc) is 2.51. The third-order valence-corrected chi connectivity index (χ3v) is 6.45. The van der Waals surface area contributed by atoms with Crippen LogP contribution < -0.4 is 0 Å². The Morgan fingerprint density at radius 1 is 1.25 bits per heavy atom. The number of amides is 1. The van der Waals surface area contributed by atoms with Gasteiger partial charge in [-0.25, -0.2) is 12.7 Å². The summed E-state index contributed by atoms with van der Waals surface area (Å²) < 4.78 is 62.4. The molecule has 6 nitrogen and oxygen atoms in total. The molecule has 1 atom stereocenters. The van der Waals surface area contributed by atoms with Gasteiger partial charge in [0.05, 0.1) is 18.3 Å². The molecule has 0 aliphatic carbocycles. The van der Waals surface area contributed by atoms with Crippen molar-refractivity contribution in [3.8, 4) is 0 Å². The molecule has 1 heterocycles. The number of carbonyl (C=O) groups is 1. The zero-order valence-corrected chi connectivity index (χ0v) is 15.3. The summed E-state index contributed by atoms with van der Waals surface area (Å²) in [5.74, 6) is -0.344. The SMILES string of the molecule is CCS(=O)(=O)N(C)C1CCN(C(=O)C(C)N(C)CC(F)(F)F)CC1. The number of hydrogen-bond acceptors (Lipinski definition) is 4. The van der Waals surface area contributed by atoms with Crippen LogP contribution in [0.25, 0.3) is 0 Å². The maximum atomic E-state index is 12.4. The van der Waals surface area contributed by atoms with Crippen LogP contribution in [0, 0.1) is 0 Å². The normalized spacial score (nSPS) is 19.1. The number of piperidine rings is 1. The first-order valence-electron chi connectivity index (χ1n) is 7.90. The molecule has 0 aromatic heterocycles. The Morgan fingerprint density at radius 2 is 1.75 bits per heavy atom. The summed E-state index contributed by atoms with van der Waals surface area (Å²) in [4.78, 5) is 14.8. The van der Waals surface area contributed by atoms with E-state index in [0.717, 1.165) is 4.90 Å². The standard InChI is InChI=1S/C14H26F3N3O3S/c1-5-24(22,23)19(4)12-6-8-20(9-7-12)13(21)11(2)18(3)10-14(15,16)17/h11-12H,5-10H2,1-4H3. The fourth-order valence-electron chi connectivity index (χ4n) is 2.75. The zero-order chi connectivity index (χ0) is 18.7. The number of sulfonamides is 1. The quantitative estimate of drug-likeness (QED) is 0.701. The number of nitrogens with zero attached hydrogens (tertiary/aromatic N) is 3. The van der Waals surface area contributed by atoms with E-state index in [1.165, 1.54) is 30.2 Å². The molecule has 1 rings (SSSR count). The van der Waals surface area contributed by atoms with Gasteiger partial charge in [-0.05, 0) is 33.7 Å². The second kappa shape index (κ2) is 8.01. The Bertz CT molecular complexity index is 531. The number of carbonyl (C=O) groups excluding carboxylic acids is 1. The van der Waals surface area contributed by atoms with Gasteiger partial charge in [-0.3, -0.25) is 9.69 Å². The largest absolute Gasteiger partial charge is 0.401 e. The van der Waals surface area contributed by atoms with Gasteiger partial charge in [-0.1, -0.05) is 0 Å². The first-order valence-corrected chi connectivity index (χ1v) is 9.51. The maximum Gasteiger partial charge on any atom is 0.401 e. The van der Waals surface area contributed by atoms with Crippen molar-refractivity contribution >= 4 is 15.9 Å². The van der Waals surface area contributed by atoms with Crippen LogP contribution in [0.1, 0.15) is 26.7 Å². The molecule has 0 aromatic carbocycles. The number of likely N-dealkylation sites (N-methyl/N-ethyl adjacent to an activating group) is 1. The van der Waals surface area contributed by atoms with E-state index in [9.17, 15) is 26.4 Å². The molecular weight excluding hydrogens is 347 g/mol. The van der Waals surface area contributed by atoms with Gasteiger partial charge in [-0.15, -0.1) is 0 Å². The molecule has 1 amide bonds. The van der Waals surface area contributed by atoms with E-state index >= 15 is 0 Å². The molecule has 0 radical (unpaired) electrons. The topological polar surface area (TPSA) is 60.9 Å². The van der Waals surface area contributed by atoms with Gasteiger partial charge in [0.1, 0.15) is 0 Å². The third kappa shape index (κ3) is 5.59. The van der Waals surface area contributed by atoms with Crippen molar-refractivity contribution in [2.75, 3.05) is 39.5 Å². The molecule has 1 unspecified atom stereocenters. The Balaban J connectivity index is 2.60. The summed E-state index contributed by atoms with van der Waals surface area (Å²) in [6.45, 7) is 2.57. The van der Waals surface area contributed by atoms with Gasteiger partial charge in [-0.2, -0.15) is 13.2 Å². The molecule has 0 saturated carbocycles. The maximum absolute atomic E-state index is 12.4. The highest BCUT2D eigenvalue weighted by Crippen LogP contribution is 2.21. The second-order valence-electron chi connectivity index (χ2n) is 6.18. The van der Waals surface area contributed by atoms with Crippen molar-refractivity contribution < 1.29 is 26.4 Å². The van der Waals surface area contributed by atoms with Crippen molar-refractivity contribution in [2.45, 2.75) is 44.9 Å². The van der Waals surface area contributed by atoms with Crippen molar-refractivity contribution in [1.29, 1.82) is 0 Å².